The standard InChI is InChI=1S/C34H47BrN2O6/c1-8-10-14-18-42-31(41)25-26-29(39)37(24(20-38)22-15-12-11-13-16-22)28(34(26)19-23(35)27(25)43-34)30(40)36(17-9-2)33(6,7)21-32(3,4)5/h8-9,11-13,15-16,23-28,38H,1-2,10,14,17-21H2,3-7H3/t23?,24-,25-,26+,27-,28?,34?/m1/s1. The quantitative estimate of drug-likeness (QED) is 0.135. The second-order valence-corrected chi connectivity index (χ2v) is 15.1. The minimum atomic E-state index is -1.27. The Kier molecular flexibility index (Phi) is 9.99. The molecule has 3 heterocycles. The highest BCUT2D eigenvalue weighted by molar-refractivity contribution is 9.09. The van der Waals surface area contributed by atoms with E-state index in [-0.39, 0.29) is 35.2 Å². The van der Waals surface area contributed by atoms with E-state index in [1.807, 2.05) is 44.2 Å². The van der Waals surface area contributed by atoms with E-state index in [4.69, 9.17) is 9.47 Å². The van der Waals surface area contributed by atoms with Crippen molar-refractivity contribution in [1.82, 2.24) is 9.80 Å². The fourth-order valence-electron chi connectivity index (χ4n) is 7.78. The van der Waals surface area contributed by atoms with E-state index in [1.165, 1.54) is 4.90 Å². The molecule has 3 unspecified atom stereocenters. The first-order valence-electron chi connectivity index (χ1n) is 15.2. The van der Waals surface area contributed by atoms with Crippen molar-refractivity contribution in [2.75, 3.05) is 19.8 Å². The number of carbonyl (C=O) groups excluding carboxylic acids is 3. The summed E-state index contributed by atoms with van der Waals surface area (Å²) >= 11 is 3.72. The second kappa shape index (κ2) is 12.9. The number of likely N-dealkylation sites (tertiary alicyclic amines) is 1. The number of alkyl halides is 1. The number of esters is 1. The molecule has 0 aromatic heterocycles. The van der Waals surface area contributed by atoms with E-state index in [2.05, 4.69) is 49.9 Å². The number of carbonyl (C=O) groups is 3. The molecular formula is C34H47BrN2O6. The van der Waals surface area contributed by atoms with Crippen LogP contribution in [0.25, 0.3) is 0 Å². The molecule has 1 aromatic carbocycles. The Labute approximate surface area is 264 Å². The molecule has 7 atom stereocenters. The van der Waals surface area contributed by atoms with Crippen LogP contribution >= 0.6 is 15.9 Å². The largest absolute Gasteiger partial charge is 0.465 e. The number of ether oxygens (including phenoxy) is 2. The summed E-state index contributed by atoms with van der Waals surface area (Å²) in [6.45, 7) is 18.2. The van der Waals surface area contributed by atoms with Crippen molar-refractivity contribution >= 4 is 33.7 Å². The second-order valence-electron chi connectivity index (χ2n) is 13.9. The topological polar surface area (TPSA) is 96.4 Å². The van der Waals surface area contributed by atoms with Crippen molar-refractivity contribution < 1.29 is 29.0 Å². The zero-order valence-electron chi connectivity index (χ0n) is 26.1. The molecule has 1 spiro atoms. The van der Waals surface area contributed by atoms with Gasteiger partial charge in [0.05, 0.1) is 37.2 Å². The molecule has 1 aromatic rings. The first-order valence-corrected chi connectivity index (χ1v) is 16.2. The summed E-state index contributed by atoms with van der Waals surface area (Å²) in [5.41, 5.74) is -1.25. The predicted octanol–water partition coefficient (Wildman–Crippen LogP) is 5.21. The maximum absolute atomic E-state index is 15.0. The van der Waals surface area contributed by atoms with Crippen LogP contribution in [0.3, 0.4) is 0 Å². The van der Waals surface area contributed by atoms with Gasteiger partial charge < -0.3 is 24.4 Å². The van der Waals surface area contributed by atoms with Gasteiger partial charge in [-0.15, -0.1) is 13.2 Å². The number of hydrogen-bond acceptors (Lipinski definition) is 6. The molecule has 9 heteroatoms. The predicted molar refractivity (Wildman–Crippen MR) is 169 cm³/mol. The molecule has 1 N–H and O–H groups in total. The number of fused-ring (bicyclic) bond motifs is 1. The van der Waals surface area contributed by atoms with Gasteiger partial charge in [0.2, 0.25) is 11.8 Å². The normalized spacial score (nSPS) is 28.9. The summed E-state index contributed by atoms with van der Waals surface area (Å²) in [4.78, 5) is 46.3. The van der Waals surface area contributed by atoms with E-state index in [1.54, 1.807) is 17.1 Å². The number of amides is 2. The summed E-state index contributed by atoms with van der Waals surface area (Å²) in [5, 5.41) is 10.8. The summed E-state index contributed by atoms with van der Waals surface area (Å²) in [6.07, 6.45) is 5.25. The number of rotatable bonds is 13. The first kappa shape index (κ1) is 33.4. The number of halogens is 1. The summed E-state index contributed by atoms with van der Waals surface area (Å²) in [5.74, 6) is -2.94. The van der Waals surface area contributed by atoms with Crippen LogP contribution in [0.1, 0.15) is 71.9 Å². The van der Waals surface area contributed by atoms with Crippen LogP contribution in [-0.4, -0.2) is 80.6 Å². The van der Waals surface area contributed by atoms with Gasteiger partial charge in [0.15, 0.2) is 0 Å². The Balaban J connectivity index is 1.83. The summed E-state index contributed by atoms with van der Waals surface area (Å²) in [7, 11) is 0. The van der Waals surface area contributed by atoms with Crippen LogP contribution < -0.4 is 0 Å². The van der Waals surface area contributed by atoms with E-state index in [0.717, 1.165) is 0 Å². The molecule has 43 heavy (non-hydrogen) atoms. The molecule has 3 aliphatic rings. The molecule has 2 bridgehead atoms. The molecule has 3 saturated heterocycles. The number of aliphatic hydroxyl groups is 1. The van der Waals surface area contributed by atoms with Crippen LogP contribution in [0.4, 0.5) is 0 Å². The fraction of sp³-hybridized carbons (Fsp3) is 0.618. The number of benzene rings is 1. The monoisotopic (exact) mass is 658 g/mol. The molecular weight excluding hydrogens is 612 g/mol. The molecule has 3 aliphatic heterocycles. The van der Waals surface area contributed by atoms with E-state index in [9.17, 15) is 14.7 Å². The maximum Gasteiger partial charge on any atom is 0.312 e. The molecule has 236 valence electrons. The third-order valence-corrected chi connectivity index (χ3v) is 9.84. The zero-order valence-corrected chi connectivity index (χ0v) is 27.7. The van der Waals surface area contributed by atoms with E-state index in [0.29, 0.717) is 31.2 Å². The van der Waals surface area contributed by atoms with Gasteiger partial charge in [-0.25, -0.2) is 0 Å². The summed E-state index contributed by atoms with van der Waals surface area (Å²) in [6, 6.07) is 7.34. The van der Waals surface area contributed by atoms with Gasteiger partial charge >= 0.3 is 5.97 Å². The van der Waals surface area contributed by atoms with Gasteiger partial charge in [-0.3, -0.25) is 14.4 Å². The van der Waals surface area contributed by atoms with Gasteiger partial charge in [-0.05, 0) is 50.5 Å². The Morgan fingerprint density at radius 1 is 1.21 bits per heavy atom. The van der Waals surface area contributed by atoms with Crippen LogP contribution in [0, 0.1) is 17.3 Å². The molecule has 0 radical (unpaired) electrons. The SMILES string of the molecule is C=CCCCOC(=O)[C@H]1[C@@H]2OC3(CC2Br)C(C(=O)N(CC=C)C(C)(C)CC(C)(C)C)N([C@H](CO)c2ccccc2)C(=O)[C@H]13. The van der Waals surface area contributed by atoms with Crippen molar-refractivity contribution in [2.24, 2.45) is 17.3 Å². The zero-order chi connectivity index (χ0) is 31.7. The number of unbranched alkanes of at least 4 members (excludes halogenated alkanes) is 1. The molecule has 0 saturated carbocycles. The van der Waals surface area contributed by atoms with Gasteiger partial charge in [-0.1, -0.05) is 79.2 Å². The third kappa shape index (κ3) is 6.22. The van der Waals surface area contributed by atoms with Gasteiger partial charge in [0.25, 0.3) is 0 Å². The van der Waals surface area contributed by atoms with Crippen molar-refractivity contribution in [2.45, 2.75) is 94.5 Å². The summed E-state index contributed by atoms with van der Waals surface area (Å²) < 4.78 is 12.3. The highest BCUT2D eigenvalue weighted by Crippen LogP contribution is 2.61. The average molecular weight is 660 g/mol. The highest BCUT2D eigenvalue weighted by Gasteiger charge is 2.78. The lowest BCUT2D eigenvalue weighted by Gasteiger charge is -2.46. The molecule has 0 aliphatic carbocycles. The minimum absolute atomic E-state index is 0.0867. The third-order valence-electron chi connectivity index (χ3n) is 8.99. The molecule has 8 nitrogen and oxygen atoms in total. The van der Waals surface area contributed by atoms with Crippen LogP contribution in [-0.2, 0) is 23.9 Å². The maximum atomic E-state index is 15.0. The first-order chi connectivity index (χ1) is 20.2. The highest BCUT2D eigenvalue weighted by atomic mass is 79.9. The Bertz CT molecular complexity index is 1210. The van der Waals surface area contributed by atoms with Gasteiger partial charge in [-0.2, -0.15) is 0 Å². The fourth-order valence-corrected chi connectivity index (χ4v) is 8.73. The van der Waals surface area contributed by atoms with Crippen molar-refractivity contribution in [3.05, 3.63) is 61.2 Å². The van der Waals surface area contributed by atoms with Crippen LogP contribution in [0.5, 0.6) is 0 Å². The lowest BCUT2D eigenvalue weighted by Crippen LogP contribution is -2.61. The molecule has 4 rings (SSSR count). The number of aliphatic hydroxyl groups excluding tert-OH is 1. The minimum Gasteiger partial charge on any atom is -0.465 e. The van der Waals surface area contributed by atoms with Gasteiger partial charge in [0.1, 0.15) is 11.6 Å². The number of allylic oxidation sites excluding steroid dienone is 1. The Morgan fingerprint density at radius 3 is 2.47 bits per heavy atom. The van der Waals surface area contributed by atoms with E-state index < -0.39 is 53.7 Å². The lowest BCUT2D eigenvalue weighted by atomic mass is 9.70. The van der Waals surface area contributed by atoms with E-state index >= 15 is 4.79 Å². The van der Waals surface area contributed by atoms with Gasteiger partial charge in [0, 0.05) is 16.9 Å². The lowest BCUT2D eigenvalue weighted by molar-refractivity contribution is -0.158. The molecule has 2 amide bonds. The number of nitrogens with zero attached hydrogens (tertiary/aromatic N) is 2. The average Bonchev–Trinajstić information content (AvgIpc) is 3.52. The number of hydrogen-bond donors (Lipinski definition) is 1. The van der Waals surface area contributed by atoms with Crippen LogP contribution in [0.15, 0.2) is 55.6 Å². The van der Waals surface area contributed by atoms with Crippen molar-refractivity contribution in [3.8, 4) is 0 Å². The Morgan fingerprint density at radius 2 is 1.88 bits per heavy atom. The van der Waals surface area contributed by atoms with Crippen molar-refractivity contribution in [3.63, 3.8) is 0 Å². The Hall–Kier alpha value is -2.49. The smallest absolute Gasteiger partial charge is 0.312 e. The van der Waals surface area contributed by atoms with Crippen LogP contribution in [0.2, 0.25) is 0 Å². The molecule has 3 fully saturated rings. The van der Waals surface area contributed by atoms with Crippen molar-refractivity contribution in [1.29, 1.82) is 0 Å².